The molecule has 150 valence electrons. The fourth-order valence-corrected chi connectivity index (χ4v) is 2.69. The van der Waals surface area contributed by atoms with Crippen molar-refractivity contribution in [3.8, 4) is 0 Å². The van der Waals surface area contributed by atoms with E-state index in [1.165, 1.54) is 6.92 Å². The molecule has 28 heavy (non-hydrogen) atoms. The summed E-state index contributed by atoms with van der Waals surface area (Å²) in [4.78, 5) is 28.3. The monoisotopic (exact) mass is 388 g/mol. The molecular weight excluding hydrogens is 364 g/mol. The summed E-state index contributed by atoms with van der Waals surface area (Å²) in [5.74, 6) is -1.10. The molecule has 2 aromatic carbocycles. The van der Waals surface area contributed by atoms with E-state index < -0.39 is 29.8 Å². The Morgan fingerprint density at radius 3 is 2.07 bits per heavy atom. The zero-order valence-corrected chi connectivity index (χ0v) is 15.5. The van der Waals surface area contributed by atoms with Crippen molar-refractivity contribution in [2.75, 3.05) is 6.61 Å². The first-order chi connectivity index (χ1) is 13.3. The van der Waals surface area contributed by atoms with Gasteiger partial charge in [0.1, 0.15) is 5.60 Å². The maximum absolute atomic E-state index is 12.7. The molecule has 8 heteroatoms. The van der Waals surface area contributed by atoms with Gasteiger partial charge in [-0.25, -0.2) is 9.59 Å². The summed E-state index contributed by atoms with van der Waals surface area (Å²) in [6, 6.07) is 16.7. The van der Waals surface area contributed by atoms with Crippen LogP contribution in [0.25, 0.3) is 0 Å². The Kier molecular flexibility index (Phi) is 7.11. The predicted octanol–water partition coefficient (Wildman–Crippen LogP) is 1.05. The fraction of sp³-hybridized carbons (Fsp3) is 0.300. The fourth-order valence-electron chi connectivity index (χ4n) is 2.69. The number of carbonyl (C=O) groups is 2. The third kappa shape index (κ3) is 5.07. The molecule has 0 fully saturated rings. The minimum absolute atomic E-state index is 0.0416. The van der Waals surface area contributed by atoms with Crippen LogP contribution in [-0.4, -0.2) is 40.0 Å². The number of primary amides is 1. The van der Waals surface area contributed by atoms with Crippen LogP contribution in [0, 0.1) is 0 Å². The zero-order valence-electron chi connectivity index (χ0n) is 15.5. The Morgan fingerprint density at radius 1 is 1.04 bits per heavy atom. The maximum Gasteiger partial charge on any atom is 0.366 e. The molecule has 0 heterocycles. The molecule has 8 nitrogen and oxygen atoms in total. The summed E-state index contributed by atoms with van der Waals surface area (Å²) in [6.45, 7) is 0.457. The Labute approximate surface area is 162 Å². The molecule has 0 saturated heterocycles. The van der Waals surface area contributed by atoms with Gasteiger partial charge in [0.2, 0.25) is 0 Å². The lowest BCUT2D eigenvalue weighted by molar-refractivity contribution is -0.223. The second-order valence-corrected chi connectivity index (χ2v) is 6.52. The number of hydrogen-bond donors (Lipinski definition) is 4. The Hall–Kier alpha value is -2.94. The molecule has 0 radical (unpaired) electrons. The Morgan fingerprint density at radius 2 is 1.57 bits per heavy atom. The van der Waals surface area contributed by atoms with Crippen LogP contribution in [0.2, 0.25) is 0 Å². The minimum Gasteiger partial charge on any atom is -0.393 e. The van der Waals surface area contributed by atoms with E-state index in [0.29, 0.717) is 5.56 Å². The normalized spacial score (nSPS) is 15.1. The van der Waals surface area contributed by atoms with E-state index in [1.807, 2.05) is 6.07 Å². The summed E-state index contributed by atoms with van der Waals surface area (Å²) in [5, 5.41) is 21.1. The van der Waals surface area contributed by atoms with Gasteiger partial charge in [-0.15, -0.1) is 0 Å². The first kappa shape index (κ1) is 21.4. The largest absolute Gasteiger partial charge is 0.393 e. The summed E-state index contributed by atoms with van der Waals surface area (Å²) < 4.78 is 5.76. The highest BCUT2D eigenvalue weighted by Gasteiger charge is 2.55. The van der Waals surface area contributed by atoms with Crippen molar-refractivity contribution in [3.63, 3.8) is 0 Å². The minimum atomic E-state index is -2.04. The average molecular weight is 388 g/mol. The van der Waals surface area contributed by atoms with Gasteiger partial charge in [-0.05, 0) is 18.1 Å². The van der Waals surface area contributed by atoms with E-state index in [0.717, 1.165) is 5.56 Å². The number of carbonyl (C=O) groups excluding carboxylic acids is 2. The molecule has 2 atom stereocenters. The number of urea groups is 1. The van der Waals surface area contributed by atoms with Crippen LogP contribution in [0.4, 0.5) is 4.79 Å². The van der Waals surface area contributed by atoms with Gasteiger partial charge < -0.3 is 25.5 Å². The van der Waals surface area contributed by atoms with E-state index in [-0.39, 0.29) is 13.0 Å². The van der Waals surface area contributed by atoms with E-state index >= 15 is 0 Å². The molecule has 2 rings (SSSR count). The van der Waals surface area contributed by atoms with Crippen LogP contribution >= 0.6 is 0 Å². The molecule has 0 aliphatic rings. The lowest BCUT2D eigenvalue weighted by atomic mass is 9.79. The van der Waals surface area contributed by atoms with E-state index in [4.69, 9.17) is 10.5 Å². The quantitative estimate of drug-likeness (QED) is 0.500. The molecule has 2 amide bonds. The molecule has 0 aromatic heterocycles. The number of rotatable bonds is 8. The highest BCUT2D eigenvalue weighted by atomic mass is 16.7. The van der Waals surface area contributed by atoms with Crippen molar-refractivity contribution in [1.82, 2.24) is 5.48 Å². The molecule has 0 aliphatic carbocycles. The van der Waals surface area contributed by atoms with Gasteiger partial charge in [-0.2, -0.15) is 5.48 Å². The second kappa shape index (κ2) is 9.32. The summed E-state index contributed by atoms with van der Waals surface area (Å²) in [6.07, 6.45) is -0.0959. The molecular formula is C20H24N2O6. The number of aliphatic hydroxyl groups is 2. The summed E-state index contributed by atoms with van der Waals surface area (Å²) in [7, 11) is 0. The van der Waals surface area contributed by atoms with Gasteiger partial charge in [-0.3, -0.25) is 0 Å². The van der Waals surface area contributed by atoms with Crippen LogP contribution in [0.5, 0.6) is 0 Å². The van der Waals surface area contributed by atoms with Gasteiger partial charge in [0.15, 0.2) is 5.60 Å². The van der Waals surface area contributed by atoms with Crippen molar-refractivity contribution >= 4 is 12.0 Å². The highest BCUT2D eigenvalue weighted by molar-refractivity contribution is 5.82. The summed E-state index contributed by atoms with van der Waals surface area (Å²) in [5.41, 5.74) is 4.01. The molecule has 0 spiro atoms. The number of nitrogens with one attached hydrogen (secondary N) is 1. The number of benzene rings is 2. The summed E-state index contributed by atoms with van der Waals surface area (Å²) >= 11 is 0. The van der Waals surface area contributed by atoms with Crippen LogP contribution in [0.1, 0.15) is 18.1 Å². The topological polar surface area (TPSA) is 131 Å². The number of hydrogen-bond acceptors (Lipinski definition) is 6. The predicted molar refractivity (Wildman–Crippen MR) is 101 cm³/mol. The third-order valence-electron chi connectivity index (χ3n) is 4.49. The highest BCUT2D eigenvalue weighted by Crippen LogP contribution is 2.32. The molecule has 5 N–H and O–H groups in total. The second-order valence-electron chi connectivity index (χ2n) is 6.52. The SMILES string of the molecule is CC(OCc1ccccc1)(C(=O)ONC(N)=O)C(O)(CO)Cc1ccccc1. The van der Waals surface area contributed by atoms with Gasteiger partial charge in [0, 0.05) is 6.42 Å². The molecule has 2 unspecified atom stereocenters. The third-order valence-corrected chi connectivity index (χ3v) is 4.49. The van der Waals surface area contributed by atoms with E-state index in [1.54, 1.807) is 60.1 Å². The Balaban J connectivity index is 2.32. The van der Waals surface area contributed by atoms with Gasteiger partial charge >= 0.3 is 12.0 Å². The number of ether oxygens (including phenoxy) is 1. The van der Waals surface area contributed by atoms with E-state index in [2.05, 4.69) is 4.84 Å². The zero-order chi connectivity index (χ0) is 20.6. The van der Waals surface area contributed by atoms with Crippen molar-refractivity contribution in [2.24, 2.45) is 5.73 Å². The van der Waals surface area contributed by atoms with Crippen LogP contribution in [0.15, 0.2) is 60.7 Å². The molecule has 0 bridgehead atoms. The van der Waals surface area contributed by atoms with Gasteiger partial charge in [0.25, 0.3) is 0 Å². The van der Waals surface area contributed by atoms with Gasteiger partial charge in [-0.1, -0.05) is 60.7 Å². The molecule has 0 saturated carbocycles. The number of nitrogens with two attached hydrogens (primary N) is 1. The lowest BCUT2D eigenvalue weighted by Crippen LogP contribution is -2.63. The standard InChI is InChI=1S/C20H24N2O6/c1-19(17(24)28-22-18(21)25,27-13-16-10-6-3-7-11-16)20(26,14-23)12-15-8-4-2-5-9-15/h2-11,23,26H,12-14H2,1H3,(H3,21,22,25). The van der Waals surface area contributed by atoms with Crippen molar-refractivity contribution in [1.29, 1.82) is 0 Å². The van der Waals surface area contributed by atoms with Crippen LogP contribution < -0.4 is 11.2 Å². The number of amides is 2. The van der Waals surface area contributed by atoms with Gasteiger partial charge in [0.05, 0.1) is 13.2 Å². The van der Waals surface area contributed by atoms with Crippen molar-refractivity contribution in [2.45, 2.75) is 31.2 Å². The number of aliphatic hydroxyl groups excluding tert-OH is 1. The smallest absolute Gasteiger partial charge is 0.366 e. The van der Waals surface area contributed by atoms with Crippen molar-refractivity contribution in [3.05, 3.63) is 71.8 Å². The maximum atomic E-state index is 12.7. The Bertz CT molecular complexity index is 786. The first-order valence-electron chi connectivity index (χ1n) is 8.62. The van der Waals surface area contributed by atoms with E-state index in [9.17, 15) is 19.8 Å². The average Bonchev–Trinajstić information content (AvgIpc) is 2.71. The number of hydroxylamine groups is 1. The van der Waals surface area contributed by atoms with Crippen molar-refractivity contribution < 1.29 is 29.4 Å². The molecule has 2 aromatic rings. The van der Waals surface area contributed by atoms with Crippen LogP contribution in [-0.2, 0) is 27.4 Å². The molecule has 0 aliphatic heterocycles. The first-order valence-corrected chi connectivity index (χ1v) is 8.62. The van der Waals surface area contributed by atoms with Crippen LogP contribution in [0.3, 0.4) is 0 Å². The lowest BCUT2D eigenvalue weighted by Gasteiger charge is -2.41.